The molecule has 0 unspecified atom stereocenters. The first-order valence-electron chi connectivity index (χ1n) is 3.38. The Morgan fingerprint density at radius 3 is 2.25 bits per heavy atom. The van der Waals surface area contributed by atoms with Crippen LogP contribution in [0, 0.1) is 0 Å². The van der Waals surface area contributed by atoms with Gasteiger partial charge in [0.2, 0.25) is 0 Å². The quantitative estimate of drug-likeness (QED) is 0.356. The minimum atomic E-state index is -1.89. The van der Waals surface area contributed by atoms with Gasteiger partial charge in [0.15, 0.2) is 6.29 Å². The lowest BCUT2D eigenvalue weighted by Crippen LogP contribution is -2.61. The number of hydrogen-bond donors (Lipinski definition) is 3. The molecule has 0 spiro atoms. The Hall–Kier alpha value is -0.530. The van der Waals surface area contributed by atoms with E-state index in [2.05, 4.69) is 4.74 Å². The fourth-order valence-corrected chi connectivity index (χ4v) is 0.986. The summed E-state index contributed by atoms with van der Waals surface area (Å²) in [6.45, 7) is 0. The van der Waals surface area contributed by atoms with Crippen LogP contribution in [0.2, 0.25) is 0 Å². The number of hydrogen-bond acceptors (Lipinski definition) is 6. The predicted molar refractivity (Wildman–Crippen MR) is 32.7 cm³/mol. The van der Waals surface area contributed by atoms with Crippen LogP contribution in [0.5, 0.6) is 0 Å². The fraction of sp³-hybridized carbons (Fsp3) is 0.833. The zero-order valence-corrected chi connectivity index (χ0v) is 6.03. The van der Waals surface area contributed by atoms with Gasteiger partial charge in [0.25, 0.3) is 0 Å². The number of ether oxygens (including phenoxy) is 1. The molecule has 5 atom stereocenters. The molecule has 3 N–H and O–H groups in total. The number of aldehydes is 1. The Kier molecular flexibility index (Phi) is 2.76. The molecular formula is C6H9O6-. The molecule has 12 heavy (non-hydrogen) atoms. The number of carbonyl (C=O) groups is 1. The normalized spacial score (nSPS) is 48.8. The van der Waals surface area contributed by atoms with Gasteiger partial charge in [-0.05, 0) is 0 Å². The fourth-order valence-electron chi connectivity index (χ4n) is 0.986. The largest absolute Gasteiger partial charge is 0.829 e. The molecule has 1 saturated heterocycles. The summed E-state index contributed by atoms with van der Waals surface area (Å²) in [6, 6.07) is 0. The Balaban J connectivity index is 2.70. The van der Waals surface area contributed by atoms with Crippen LogP contribution in [-0.4, -0.2) is 52.3 Å². The maximum absolute atomic E-state index is 10.7. The highest BCUT2D eigenvalue weighted by atomic mass is 16.6. The zero-order chi connectivity index (χ0) is 9.30. The van der Waals surface area contributed by atoms with Crippen LogP contribution >= 0.6 is 0 Å². The van der Waals surface area contributed by atoms with Gasteiger partial charge < -0.3 is 30.0 Å². The summed E-state index contributed by atoms with van der Waals surface area (Å²) in [5, 5.41) is 37.6. The van der Waals surface area contributed by atoms with Gasteiger partial charge in [0.1, 0.15) is 18.3 Å². The Morgan fingerprint density at radius 2 is 1.75 bits per heavy atom. The number of carbonyl (C=O) groups excluding carboxylic acids is 1. The Bertz CT molecular complexity index is 171. The van der Waals surface area contributed by atoms with E-state index in [-0.39, 0.29) is 6.29 Å². The minimum Gasteiger partial charge on any atom is -0.829 e. The maximum Gasteiger partial charge on any atom is 0.151 e. The standard InChI is InChI=1S/C6H9O6/c7-1-2-3(8)4(9)5(10)6(11)12-2/h1-6,8-10H/q-1/t2-,3-,4+,5-,6+/m1/s1. The van der Waals surface area contributed by atoms with Crippen LogP contribution in [0.15, 0.2) is 0 Å². The minimum absolute atomic E-state index is 0.213. The van der Waals surface area contributed by atoms with E-state index in [1.54, 1.807) is 0 Å². The van der Waals surface area contributed by atoms with Crippen molar-refractivity contribution in [3.8, 4) is 0 Å². The third kappa shape index (κ3) is 1.47. The van der Waals surface area contributed by atoms with Crippen molar-refractivity contribution in [2.24, 2.45) is 0 Å². The first-order valence-corrected chi connectivity index (χ1v) is 3.38. The molecule has 0 aliphatic carbocycles. The van der Waals surface area contributed by atoms with Crippen LogP contribution in [0.25, 0.3) is 0 Å². The molecule has 0 aromatic carbocycles. The monoisotopic (exact) mass is 177 g/mol. The van der Waals surface area contributed by atoms with Gasteiger partial charge in [-0.15, -0.1) is 0 Å². The molecule has 0 saturated carbocycles. The molecule has 0 bridgehead atoms. The molecule has 6 heteroatoms. The second-order valence-electron chi connectivity index (χ2n) is 2.58. The SMILES string of the molecule is O=C[C@H]1O[C@H]([O-])[C@H](O)[C@@H](O)[C@@H]1O. The van der Waals surface area contributed by atoms with E-state index in [0.29, 0.717) is 0 Å². The molecule has 70 valence electrons. The van der Waals surface area contributed by atoms with Gasteiger partial charge in [0, 0.05) is 6.29 Å². The van der Waals surface area contributed by atoms with Gasteiger partial charge in [-0.25, -0.2) is 0 Å². The van der Waals surface area contributed by atoms with Crippen molar-refractivity contribution < 1.29 is 30.0 Å². The third-order valence-corrected chi connectivity index (χ3v) is 1.74. The van der Waals surface area contributed by atoms with Crippen LogP contribution in [0.4, 0.5) is 0 Å². The molecular weight excluding hydrogens is 168 g/mol. The van der Waals surface area contributed by atoms with Crippen molar-refractivity contribution in [1.82, 2.24) is 0 Å². The van der Waals surface area contributed by atoms with Crippen molar-refractivity contribution in [3.05, 3.63) is 0 Å². The van der Waals surface area contributed by atoms with E-state index in [4.69, 9.17) is 15.3 Å². The van der Waals surface area contributed by atoms with Gasteiger partial charge in [-0.3, -0.25) is 0 Å². The van der Waals surface area contributed by atoms with E-state index in [1.165, 1.54) is 0 Å². The van der Waals surface area contributed by atoms with Gasteiger partial charge in [-0.1, -0.05) is 0 Å². The molecule has 0 amide bonds. The summed E-state index contributed by atoms with van der Waals surface area (Å²) < 4.78 is 4.35. The number of aliphatic hydroxyl groups is 3. The lowest BCUT2D eigenvalue weighted by Gasteiger charge is -2.41. The van der Waals surface area contributed by atoms with E-state index < -0.39 is 30.7 Å². The summed E-state index contributed by atoms with van der Waals surface area (Å²) in [5.41, 5.74) is 0. The summed E-state index contributed by atoms with van der Waals surface area (Å²) >= 11 is 0. The van der Waals surface area contributed by atoms with Crippen molar-refractivity contribution in [1.29, 1.82) is 0 Å². The van der Waals surface area contributed by atoms with E-state index in [0.717, 1.165) is 0 Å². The van der Waals surface area contributed by atoms with Gasteiger partial charge in [-0.2, -0.15) is 0 Å². The topological polar surface area (TPSA) is 110 Å². The molecule has 0 aromatic heterocycles. The molecule has 1 aliphatic heterocycles. The van der Waals surface area contributed by atoms with Crippen molar-refractivity contribution in [3.63, 3.8) is 0 Å². The third-order valence-electron chi connectivity index (χ3n) is 1.74. The Labute approximate surface area is 68.0 Å². The van der Waals surface area contributed by atoms with Crippen molar-refractivity contribution in [2.75, 3.05) is 0 Å². The first-order chi connectivity index (χ1) is 5.57. The average Bonchev–Trinajstić information content (AvgIpc) is 2.08. The van der Waals surface area contributed by atoms with Crippen LogP contribution in [0.3, 0.4) is 0 Å². The molecule has 1 fully saturated rings. The second kappa shape index (κ2) is 3.46. The van der Waals surface area contributed by atoms with Crippen LogP contribution < -0.4 is 5.11 Å². The van der Waals surface area contributed by atoms with Crippen LogP contribution in [-0.2, 0) is 9.53 Å². The molecule has 1 aliphatic rings. The molecule has 1 heterocycles. The lowest BCUT2D eigenvalue weighted by atomic mass is 10.00. The second-order valence-corrected chi connectivity index (χ2v) is 2.58. The van der Waals surface area contributed by atoms with Gasteiger partial charge >= 0.3 is 0 Å². The lowest BCUT2D eigenvalue weighted by molar-refractivity contribution is -0.528. The van der Waals surface area contributed by atoms with E-state index in [1.807, 2.05) is 0 Å². The predicted octanol–water partition coefficient (Wildman–Crippen LogP) is -3.65. The average molecular weight is 177 g/mol. The van der Waals surface area contributed by atoms with Crippen molar-refractivity contribution in [2.45, 2.75) is 30.7 Å². The smallest absolute Gasteiger partial charge is 0.151 e. The van der Waals surface area contributed by atoms with Crippen LogP contribution in [0.1, 0.15) is 0 Å². The molecule has 0 radical (unpaired) electrons. The van der Waals surface area contributed by atoms with Crippen molar-refractivity contribution >= 4 is 6.29 Å². The zero-order valence-electron chi connectivity index (χ0n) is 6.03. The highest BCUT2D eigenvalue weighted by Gasteiger charge is 2.38. The summed E-state index contributed by atoms with van der Waals surface area (Å²) in [6.07, 6.45) is -7.90. The number of rotatable bonds is 1. The highest BCUT2D eigenvalue weighted by Crippen LogP contribution is 2.16. The molecule has 6 nitrogen and oxygen atoms in total. The van der Waals surface area contributed by atoms with Gasteiger partial charge in [0.05, 0.1) is 6.10 Å². The molecule has 0 aromatic rings. The highest BCUT2D eigenvalue weighted by molar-refractivity contribution is 5.57. The van der Waals surface area contributed by atoms with E-state index in [9.17, 15) is 9.90 Å². The number of aliphatic hydroxyl groups excluding tert-OH is 3. The summed E-state index contributed by atoms with van der Waals surface area (Å²) in [7, 11) is 0. The first kappa shape index (κ1) is 9.56. The maximum atomic E-state index is 10.7. The molecule has 1 rings (SSSR count). The Morgan fingerprint density at radius 1 is 1.17 bits per heavy atom. The summed E-state index contributed by atoms with van der Waals surface area (Å²) in [4.78, 5) is 10.2. The summed E-state index contributed by atoms with van der Waals surface area (Å²) in [5.74, 6) is 0. The van der Waals surface area contributed by atoms with E-state index >= 15 is 0 Å².